The van der Waals surface area contributed by atoms with Crippen LogP contribution in [-0.4, -0.2) is 31.3 Å². The van der Waals surface area contributed by atoms with Gasteiger partial charge in [-0.1, -0.05) is 0 Å². The van der Waals surface area contributed by atoms with Crippen molar-refractivity contribution in [1.29, 1.82) is 0 Å². The molecular formula is C12H21N3O. The molecule has 0 aliphatic carbocycles. The molecular weight excluding hydrogens is 202 g/mol. The first-order valence-electron chi connectivity index (χ1n) is 5.64. The van der Waals surface area contributed by atoms with E-state index in [2.05, 4.69) is 10.3 Å². The second kappa shape index (κ2) is 7.19. The number of hydrogen-bond acceptors (Lipinski definition) is 4. The van der Waals surface area contributed by atoms with E-state index in [4.69, 9.17) is 10.5 Å². The van der Waals surface area contributed by atoms with Gasteiger partial charge in [-0.25, -0.2) is 0 Å². The van der Waals surface area contributed by atoms with Gasteiger partial charge in [-0.3, -0.25) is 4.98 Å². The predicted molar refractivity (Wildman–Crippen MR) is 66.5 cm³/mol. The first-order valence-corrected chi connectivity index (χ1v) is 5.64. The lowest BCUT2D eigenvalue weighted by molar-refractivity contribution is 0.182. The van der Waals surface area contributed by atoms with Gasteiger partial charge in [0.05, 0.1) is 18.5 Å². The van der Waals surface area contributed by atoms with E-state index in [1.165, 1.54) is 0 Å². The number of nitrogens with one attached hydrogen (secondary N) is 1. The number of rotatable bonds is 7. The highest BCUT2D eigenvalue weighted by atomic mass is 16.5. The van der Waals surface area contributed by atoms with Crippen LogP contribution in [0.3, 0.4) is 0 Å². The summed E-state index contributed by atoms with van der Waals surface area (Å²) >= 11 is 0. The molecule has 1 unspecified atom stereocenters. The number of anilines is 1. The molecule has 0 saturated carbocycles. The number of ether oxygens (including phenoxy) is 1. The Kier molecular flexibility index (Phi) is 5.82. The first-order chi connectivity index (χ1) is 7.76. The van der Waals surface area contributed by atoms with E-state index in [1.807, 2.05) is 25.3 Å². The van der Waals surface area contributed by atoms with E-state index >= 15 is 0 Å². The van der Waals surface area contributed by atoms with E-state index < -0.39 is 0 Å². The summed E-state index contributed by atoms with van der Waals surface area (Å²) in [5.41, 5.74) is 7.56. The normalized spacial score (nSPS) is 12.4. The standard InChI is InChI=1S/C12H21N3O/c1-10-5-6-11(8-14-10)15-12(9-16-2)4-3-7-13/h5-6,8,12,15H,3-4,7,9,13H2,1-2H3. The Bertz CT molecular complexity index is 287. The zero-order chi connectivity index (χ0) is 11.8. The van der Waals surface area contributed by atoms with Gasteiger partial charge in [0.2, 0.25) is 0 Å². The summed E-state index contributed by atoms with van der Waals surface area (Å²) < 4.78 is 5.17. The molecule has 1 rings (SSSR count). The van der Waals surface area contributed by atoms with Gasteiger partial charge < -0.3 is 15.8 Å². The third-order valence-corrected chi connectivity index (χ3v) is 2.41. The molecule has 0 spiro atoms. The summed E-state index contributed by atoms with van der Waals surface area (Å²) in [6, 6.07) is 4.33. The van der Waals surface area contributed by atoms with Crippen LogP contribution in [0.5, 0.6) is 0 Å². The van der Waals surface area contributed by atoms with Crippen molar-refractivity contribution in [3.05, 3.63) is 24.0 Å². The highest BCUT2D eigenvalue weighted by Gasteiger charge is 2.07. The number of hydrogen-bond donors (Lipinski definition) is 2. The minimum atomic E-state index is 0.304. The molecule has 4 nitrogen and oxygen atoms in total. The fourth-order valence-electron chi connectivity index (χ4n) is 1.55. The fourth-order valence-corrected chi connectivity index (χ4v) is 1.55. The van der Waals surface area contributed by atoms with Crippen LogP contribution in [0, 0.1) is 6.92 Å². The largest absolute Gasteiger partial charge is 0.383 e. The zero-order valence-electron chi connectivity index (χ0n) is 10.1. The Morgan fingerprint density at radius 3 is 2.88 bits per heavy atom. The van der Waals surface area contributed by atoms with Crippen molar-refractivity contribution < 1.29 is 4.74 Å². The summed E-state index contributed by atoms with van der Waals surface area (Å²) in [5, 5.41) is 3.40. The van der Waals surface area contributed by atoms with Crippen molar-refractivity contribution >= 4 is 5.69 Å². The summed E-state index contributed by atoms with van der Waals surface area (Å²) in [5.74, 6) is 0. The van der Waals surface area contributed by atoms with E-state index in [0.717, 1.165) is 24.2 Å². The number of aryl methyl sites for hydroxylation is 1. The Hall–Kier alpha value is -1.13. The molecule has 3 N–H and O–H groups in total. The zero-order valence-corrected chi connectivity index (χ0v) is 10.1. The van der Waals surface area contributed by atoms with Crippen molar-refractivity contribution in [3.63, 3.8) is 0 Å². The first kappa shape index (κ1) is 12.9. The Labute approximate surface area is 97.2 Å². The Morgan fingerprint density at radius 2 is 2.31 bits per heavy atom. The lowest BCUT2D eigenvalue weighted by atomic mass is 10.1. The highest BCUT2D eigenvalue weighted by Crippen LogP contribution is 2.10. The summed E-state index contributed by atoms with van der Waals surface area (Å²) in [4.78, 5) is 4.24. The highest BCUT2D eigenvalue weighted by molar-refractivity contribution is 5.41. The molecule has 4 heteroatoms. The van der Waals surface area contributed by atoms with Crippen LogP contribution in [0.2, 0.25) is 0 Å². The molecule has 1 aromatic rings. The quantitative estimate of drug-likeness (QED) is 0.736. The van der Waals surface area contributed by atoms with Crippen LogP contribution in [0.15, 0.2) is 18.3 Å². The van der Waals surface area contributed by atoms with Crippen LogP contribution in [0.1, 0.15) is 18.5 Å². The fraction of sp³-hybridized carbons (Fsp3) is 0.583. The topological polar surface area (TPSA) is 60.2 Å². The van der Waals surface area contributed by atoms with Crippen LogP contribution < -0.4 is 11.1 Å². The van der Waals surface area contributed by atoms with Crippen molar-refractivity contribution in [1.82, 2.24) is 4.98 Å². The molecule has 0 radical (unpaired) electrons. The molecule has 0 aromatic carbocycles. The van der Waals surface area contributed by atoms with Crippen molar-refractivity contribution in [2.24, 2.45) is 5.73 Å². The van der Waals surface area contributed by atoms with Crippen LogP contribution in [0.25, 0.3) is 0 Å². The summed E-state index contributed by atoms with van der Waals surface area (Å²) in [6.45, 7) is 3.38. The van der Waals surface area contributed by atoms with Gasteiger partial charge >= 0.3 is 0 Å². The van der Waals surface area contributed by atoms with Gasteiger partial charge in [-0.05, 0) is 38.4 Å². The lowest BCUT2D eigenvalue weighted by Gasteiger charge is -2.18. The minimum absolute atomic E-state index is 0.304. The molecule has 1 aromatic heterocycles. The molecule has 0 saturated heterocycles. The average Bonchev–Trinajstić information content (AvgIpc) is 2.29. The molecule has 0 aliphatic heterocycles. The summed E-state index contributed by atoms with van der Waals surface area (Å²) in [7, 11) is 1.71. The minimum Gasteiger partial charge on any atom is -0.383 e. The van der Waals surface area contributed by atoms with Gasteiger partial charge in [0.25, 0.3) is 0 Å². The van der Waals surface area contributed by atoms with E-state index in [0.29, 0.717) is 19.2 Å². The van der Waals surface area contributed by atoms with E-state index in [-0.39, 0.29) is 0 Å². The van der Waals surface area contributed by atoms with Crippen LogP contribution >= 0.6 is 0 Å². The number of methoxy groups -OCH3 is 1. The van der Waals surface area contributed by atoms with Gasteiger partial charge in [0.1, 0.15) is 0 Å². The second-order valence-corrected chi connectivity index (χ2v) is 3.92. The molecule has 0 aliphatic rings. The molecule has 1 heterocycles. The number of nitrogens with zero attached hydrogens (tertiary/aromatic N) is 1. The average molecular weight is 223 g/mol. The van der Waals surface area contributed by atoms with Crippen molar-refractivity contribution in [3.8, 4) is 0 Å². The number of pyridine rings is 1. The number of nitrogens with two attached hydrogens (primary N) is 1. The van der Waals surface area contributed by atoms with Gasteiger partial charge in [-0.15, -0.1) is 0 Å². The van der Waals surface area contributed by atoms with E-state index in [1.54, 1.807) is 7.11 Å². The predicted octanol–water partition coefficient (Wildman–Crippen LogP) is 1.56. The van der Waals surface area contributed by atoms with Gasteiger partial charge in [0.15, 0.2) is 0 Å². The second-order valence-electron chi connectivity index (χ2n) is 3.92. The Balaban J connectivity index is 2.49. The van der Waals surface area contributed by atoms with Crippen LogP contribution in [-0.2, 0) is 4.74 Å². The molecule has 0 fully saturated rings. The molecule has 0 amide bonds. The van der Waals surface area contributed by atoms with E-state index in [9.17, 15) is 0 Å². The smallest absolute Gasteiger partial charge is 0.0664 e. The van der Waals surface area contributed by atoms with Crippen molar-refractivity contribution in [2.45, 2.75) is 25.8 Å². The molecule has 0 bridgehead atoms. The molecule has 16 heavy (non-hydrogen) atoms. The molecule has 90 valence electrons. The maximum absolute atomic E-state index is 5.51. The summed E-state index contributed by atoms with van der Waals surface area (Å²) in [6.07, 6.45) is 3.86. The van der Waals surface area contributed by atoms with Gasteiger partial charge in [0, 0.05) is 18.8 Å². The maximum Gasteiger partial charge on any atom is 0.0664 e. The van der Waals surface area contributed by atoms with Gasteiger partial charge in [-0.2, -0.15) is 0 Å². The monoisotopic (exact) mass is 223 g/mol. The number of aromatic nitrogens is 1. The SMILES string of the molecule is COCC(CCCN)Nc1ccc(C)nc1. The maximum atomic E-state index is 5.51. The third kappa shape index (κ3) is 4.59. The van der Waals surface area contributed by atoms with Crippen molar-refractivity contribution in [2.75, 3.05) is 25.6 Å². The van der Waals surface area contributed by atoms with Crippen LogP contribution in [0.4, 0.5) is 5.69 Å². The Morgan fingerprint density at radius 1 is 1.50 bits per heavy atom. The molecule has 1 atom stereocenters. The third-order valence-electron chi connectivity index (χ3n) is 2.41. The lowest BCUT2D eigenvalue weighted by Crippen LogP contribution is -2.25.